The van der Waals surface area contributed by atoms with Crippen LogP contribution in [0.2, 0.25) is 0 Å². The Morgan fingerprint density at radius 1 is 1.38 bits per heavy atom. The van der Waals surface area contributed by atoms with Gasteiger partial charge in [0.15, 0.2) is 6.29 Å². The lowest BCUT2D eigenvalue weighted by atomic mass is 10.0. The Bertz CT molecular complexity index is 720. The van der Waals surface area contributed by atoms with Gasteiger partial charge in [-0.15, -0.1) is 0 Å². The minimum atomic E-state index is -0.965. The molecule has 0 spiro atoms. The molecule has 3 rings (SSSR count). The van der Waals surface area contributed by atoms with Crippen LogP contribution in [0.5, 0.6) is 0 Å². The van der Waals surface area contributed by atoms with Crippen molar-refractivity contribution in [1.29, 1.82) is 0 Å². The lowest BCUT2D eigenvalue weighted by molar-refractivity contribution is -0.126. The number of para-hydroxylation sites is 1. The van der Waals surface area contributed by atoms with Gasteiger partial charge in [-0.3, -0.25) is 4.79 Å². The van der Waals surface area contributed by atoms with Crippen molar-refractivity contribution in [3.05, 3.63) is 30.3 Å². The third-order valence-electron chi connectivity index (χ3n) is 4.19. The second kappa shape index (κ2) is 8.24. The topological polar surface area (TPSA) is 114 Å². The lowest BCUT2D eigenvalue weighted by Crippen LogP contribution is -2.48. The zero-order valence-electron chi connectivity index (χ0n) is 14.9. The average Bonchev–Trinajstić information content (AvgIpc) is 3.24. The number of hydrogen-bond donors (Lipinski definition) is 3. The summed E-state index contributed by atoms with van der Waals surface area (Å²) in [5, 5.41) is 27.5. The van der Waals surface area contributed by atoms with Crippen molar-refractivity contribution >= 4 is 11.9 Å². The smallest absolute Gasteiger partial charge is 0.248 e. The maximum Gasteiger partial charge on any atom is 0.248 e. The Hall–Kier alpha value is -2.52. The zero-order valence-corrected chi connectivity index (χ0v) is 14.9. The van der Waals surface area contributed by atoms with Crippen LogP contribution < -0.4 is 10.6 Å². The summed E-state index contributed by atoms with van der Waals surface area (Å²) in [5.41, 5.74) is 0.795. The monoisotopic (exact) mass is 360 g/mol. The van der Waals surface area contributed by atoms with Crippen LogP contribution in [0, 0.1) is 5.92 Å². The van der Waals surface area contributed by atoms with Crippen molar-refractivity contribution in [3.8, 4) is 5.69 Å². The normalized spacial score (nSPS) is 20.9. The highest BCUT2D eigenvalue weighted by Gasteiger charge is 2.31. The molecular formula is C17H24N6O3. The molecule has 9 heteroatoms. The van der Waals surface area contributed by atoms with Gasteiger partial charge >= 0.3 is 0 Å². The van der Waals surface area contributed by atoms with E-state index in [0.29, 0.717) is 25.4 Å². The van der Waals surface area contributed by atoms with Crippen LogP contribution in [0.3, 0.4) is 0 Å². The molecule has 2 heterocycles. The minimum Gasteiger partial charge on any atom is -0.366 e. The second-order valence-electron chi connectivity index (χ2n) is 6.74. The minimum absolute atomic E-state index is 0.212. The summed E-state index contributed by atoms with van der Waals surface area (Å²) >= 11 is 0. The van der Waals surface area contributed by atoms with E-state index in [-0.39, 0.29) is 11.8 Å². The Labute approximate surface area is 151 Å². The number of hydrogen-bond acceptors (Lipinski definition) is 7. The van der Waals surface area contributed by atoms with Crippen LogP contribution in [0.15, 0.2) is 30.3 Å². The number of benzene rings is 1. The first-order chi connectivity index (χ1) is 12.5. The van der Waals surface area contributed by atoms with Crippen LogP contribution in [-0.4, -0.2) is 56.2 Å². The zero-order chi connectivity index (χ0) is 18.5. The van der Waals surface area contributed by atoms with Crippen molar-refractivity contribution < 1.29 is 14.6 Å². The van der Waals surface area contributed by atoms with Crippen LogP contribution in [0.4, 0.5) is 5.95 Å². The van der Waals surface area contributed by atoms with Gasteiger partial charge in [-0.1, -0.05) is 37.1 Å². The van der Waals surface area contributed by atoms with E-state index in [1.807, 2.05) is 44.2 Å². The number of amides is 1. The van der Waals surface area contributed by atoms with Crippen molar-refractivity contribution in [3.63, 3.8) is 0 Å². The molecule has 3 N–H and O–H groups in total. The third-order valence-corrected chi connectivity index (χ3v) is 4.19. The van der Waals surface area contributed by atoms with E-state index >= 15 is 0 Å². The van der Waals surface area contributed by atoms with Gasteiger partial charge in [0.05, 0.1) is 18.3 Å². The van der Waals surface area contributed by atoms with Gasteiger partial charge in [0.1, 0.15) is 6.04 Å². The second-order valence-corrected chi connectivity index (χ2v) is 6.74. The first-order valence-electron chi connectivity index (χ1n) is 8.75. The predicted molar refractivity (Wildman–Crippen MR) is 94.5 cm³/mol. The van der Waals surface area contributed by atoms with E-state index in [0.717, 1.165) is 5.69 Å². The molecule has 26 heavy (non-hydrogen) atoms. The standard InChI is InChI=1S/C17H24N6O3/c1-11(2)10-14(15(24)18-13-8-9-26-16(13)25)19-17-20-21-22-23(17)12-6-4-3-5-7-12/h3-7,11,13-14,16,25H,8-10H2,1-2H3,(H,18,24)(H,19,20,22). The van der Waals surface area contributed by atoms with Crippen molar-refractivity contribution in [1.82, 2.24) is 25.5 Å². The largest absolute Gasteiger partial charge is 0.366 e. The summed E-state index contributed by atoms with van der Waals surface area (Å²) in [6.45, 7) is 4.51. The summed E-state index contributed by atoms with van der Waals surface area (Å²) in [6, 6.07) is 8.52. The molecule has 3 unspecified atom stereocenters. The molecule has 1 fully saturated rings. The number of ether oxygens (including phenoxy) is 1. The number of nitrogens with one attached hydrogen (secondary N) is 2. The number of aromatic nitrogens is 4. The molecule has 1 aromatic carbocycles. The summed E-state index contributed by atoms with van der Waals surface area (Å²) in [7, 11) is 0. The average molecular weight is 360 g/mol. The Morgan fingerprint density at radius 3 is 2.81 bits per heavy atom. The van der Waals surface area contributed by atoms with Crippen molar-refractivity contribution in [2.24, 2.45) is 5.92 Å². The molecule has 140 valence electrons. The van der Waals surface area contributed by atoms with Crippen LogP contribution in [-0.2, 0) is 9.53 Å². The van der Waals surface area contributed by atoms with Gasteiger partial charge < -0.3 is 20.5 Å². The predicted octanol–water partition coefficient (Wildman–Crippen LogP) is 0.712. The molecule has 0 saturated carbocycles. The number of tetrazole rings is 1. The van der Waals surface area contributed by atoms with Crippen LogP contribution in [0.1, 0.15) is 26.7 Å². The summed E-state index contributed by atoms with van der Waals surface area (Å²) in [5.74, 6) is 0.458. The molecule has 1 saturated heterocycles. The number of aliphatic hydroxyl groups excluding tert-OH is 1. The molecule has 0 radical (unpaired) electrons. The summed E-state index contributed by atoms with van der Waals surface area (Å²) in [6.07, 6.45) is 0.216. The molecule has 9 nitrogen and oxygen atoms in total. The molecule has 0 bridgehead atoms. The molecule has 0 aliphatic carbocycles. The summed E-state index contributed by atoms with van der Waals surface area (Å²) in [4.78, 5) is 12.7. The van der Waals surface area contributed by atoms with E-state index in [9.17, 15) is 9.90 Å². The maximum atomic E-state index is 12.7. The summed E-state index contributed by atoms with van der Waals surface area (Å²) < 4.78 is 6.64. The fraction of sp³-hybridized carbons (Fsp3) is 0.529. The molecule has 1 aliphatic rings. The van der Waals surface area contributed by atoms with Crippen molar-refractivity contribution in [2.45, 2.75) is 45.1 Å². The number of anilines is 1. The fourth-order valence-corrected chi connectivity index (χ4v) is 2.88. The highest BCUT2D eigenvalue weighted by Crippen LogP contribution is 2.16. The van der Waals surface area contributed by atoms with E-state index in [1.54, 1.807) is 4.68 Å². The van der Waals surface area contributed by atoms with Gasteiger partial charge in [-0.25, -0.2) is 0 Å². The molecule has 1 aliphatic heterocycles. The highest BCUT2D eigenvalue weighted by molar-refractivity contribution is 5.84. The van der Waals surface area contributed by atoms with Crippen molar-refractivity contribution in [2.75, 3.05) is 11.9 Å². The number of aliphatic hydroxyl groups is 1. The Morgan fingerprint density at radius 2 is 2.15 bits per heavy atom. The van der Waals surface area contributed by atoms with E-state index < -0.39 is 18.4 Å². The van der Waals surface area contributed by atoms with Gasteiger partial charge in [-0.2, -0.15) is 4.68 Å². The first-order valence-corrected chi connectivity index (χ1v) is 8.75. The van der Waals surface area contributed by atoms with E-state index in [2.05, 4.69) is 26.2 Å². The number of carbonyl (C=O) groups is 1. The lowest BCUT2D eigenvalue weighted by Gasteiger charge is -2.23. The molecule has 3 atom stereocenters. The maximum absolute atomic E-state index is 12.7. The number of rotatable bonds is 7. The van der Waals surface area contributed by atoms with Crippen LogP contribution >= 0.6 is 0 Å². The quantitative estimate of drug-likeness (QED) is 0.666. The van der Waals surface area contributed by atoms with Gasteiger partial charge in [0.2, 0.25) is 11.9 Å². The molecule has 1 amide bonds. The number of carbonyl (C=O) groups excluding carboxylic acids is 1. The van der Waals surface area contributed by atoms with E-state index in [1.165, 1.54) is 0 Å². The number of nitrogens with zero attached hydrogens (tertiary/aromatic N) is 4. The molecule has 2 aromatic rings. The van der Waals surface area contributed by atoms with Crippen LogP contribution in [0.25, 0.3) is 5.69 Å². The first kappa shape index (κ1) is 18.3. The molecule has 1 aromatic heterocycles. The third kappa shape index (κ3) is 4.36. The Kier molecular flexibility index (Phi) is 5.79. The van der Waals surface area contributed by atoms with Gasteiger partial charge in [0.25, 0.3) is 0 Å². The SMILES string of the molecule is CC(C)CC(Nc1nnnn1-c1ccccc1)C(=O)NC1CCOC1O. The Balaban J connectivity index is 1.75. The fourth-order valence-electron chi connectivity index (χ4n) is 2.88. The highest BCUT2D eigenvalue weighted by atomic mass is 16.6. The van der Waals surface area contributed by atoms with Gasteiger partial charge in [-0.05, 0) is 41.3 Å². The van der Waals surface area contributed by atoms with E-state index in [4.69, 9.17) is 4.74 Å². The molecular weight excluding hydrogens is 336 g/mol. The van der Waals surface area contributed by atoms with Gasteiger partial charge in [0, 0.05) is 0 Å².